The first-order valence-electron chi connectivity index (χ1n) is 4.99. The molecule has 1 rings (SSSR count). The minimum Gasteiger partial charge on any atom is -0.483 e. The van der Waals surface area contributed by atoms with Crippen LogP contribution in [0.2, 0.25) is 0 Å². The molecule has 92 valence electrons. The van der Waals surface area contributed by atoms with Crippen molar-refractivity contribution in [1.29, 1.82) is 0 Å². The number of ether oxygens (including phenoxy) is 1. The summed E-state index contributed by atoms with van der Waals surface area (Å²) < 4.78 is 5.35. The molecule has 17 heavy (non-hydrogen) atoms. The predicted octanol–water partition coefficient (Wildman–Crippen LogP) is 0.292. The van der Waals surface area contributed by atoms with Gasteiger partial charge in [0.25, 0.3) is 5.91 Å². The molecule has 0 aromatic heterocycles. The van der Waals surface area contributed by atoms with Crippen LogP contribution in [0.1, 0.15) is 5.56 Å². The molecular formula is C11H15N3O2S. The standard InChI is InChI=1S/C11H15N3O2S/c1-14(2)13-10(15)7-16-9-6-4-3-5-8(9)11(12)17/h3-6H,7H2,1-2H3,(H2,12,17)(H,13,15). The van der Waals surface area contributed by atoms with Crippen LogP contribution >= 0.6 is 12.2 Å². The maximum absolute atomic E-state index is 11.4. The summed E-state index contributed by atoms with van der Waals surface area (Å²) >= 11 is 4.89. The molecule has 0 saturated heterocycles. The highest BCUT2D eigenvalue weighted by Gasteiger charge is 2.08. The summed E-state index contributed by atoms with van der Waals surface area (Å²) in [5.74, 6) is 0.265. The van der Waals surface area contributed by atoms with E-state index >= 15 is 0 Å². The number of carbonyl (C=O) groups is 1. The SMILES string of the molecule is CN(C)NC(=O)COc1ccccc1C(N)=S. The molecule has 0 aliphatic heterocycles. The van der Waals surface area contributed by atoms with Crippen molar-refractivity contribution >= 4 is 23.1 Å². The van der Waals surface area contributed by atoms with Gasteiger partial charge >= 0.3 is 0 Å². The minimum atomic E-state index is -0.243. The zero-order chi connectivity index (χ0) is 12.8. The Morgan fingerprint density at radius 3 is 2.71 bits per heavy atom. The number of nitrogens with two attached hydrogens (primary N) is 1. The van der Waals surface area contributed by atoms with Crippen LogP contribution in [0.3, 0.4) is 0 Å². The molecule has 1 amide bonds. The topological polar surface area (TPSA) is 67.6 Å². The van der Waals surface area contributed by atoms with Gasteiger partial charge in [0.15, 0.2) is 6.61 Å². The van der Waals surface area contributed by atoms with Crippen molar-refractivity contribution in [3.05, 3.63) is 29.8 Å². The normalized spacial score (nSPS) is 10.1. The first-order chi connectivity index (χ1) is 8.00. The molecule has 0 unspecified atom stereocenters. The Labute approximate surface area is 106 Å². The summed E-state index contributed by atoms with van der Waals surface area (Å²) in [5, 5.41) is 1.55. The number of carbonyl (C=O) groups excluding carboxylic acids is 1. The van der Waals surface area contributed by atoms with E-state index in [0.717, 1.165) is 0 Å². The molecule has 0 bridgehead atoms. The Bertz CT molecular complexity index is 421. The summed E-state index contributed by atoms with van der Waals surface area (Å²) in [4.78, 5) is 11.6. The van der Waals surface area contributed by atoms with Gasteiger partial charge in [0.05, 0.1) is 5.56 Å². The number of rotatable bonds is 5. The van der Waals surface area contributed by atoms with E-state index in [1.165, 1.54) is 0 Å². The Kier molecular flexibility index (Phi) is 4.86. The zero-order valence-electron chi connectivity index (χ0n) is 9.77. The van der Waals surface area contributed by atoms with Crippen LogP contribution in [0.5, 0.6) is 5.75 Å². The maximum Gasteiger partial charge on any atom is 0.272 e. The number of hydrazine groups is 1. The molecule has 6 heteroatoms. The third-order valence-corrected chi connectivity index (χ3v) is 2.08. The average Bonchev–Trinajstić information content (AvgIpc) is 2.25. The number of hydrogen-bond acceptors (Lipinski definition) is 4. The lowest BCUT2D eigenvalue weighted by atomic mass is 10.2. The fourth-order valence-electron chi connectivity index (χ4n) is 1.22. The monoisotopic (exact) mass is 253 g/mol. The van der Waals surface area contributed by atoms with E-state index in [1.807, 2.05) is 0 Å². The number of para-hydroxylation sites is 1. The summed E-state index contributed by atoms with van der Waals surface area (Å²) in [6, 6.07) is 7.07. The van der Waals surface area contributed by atoms with Crippen molar-refractivity contribution in [2.24, 2.45) is 5.73 Å². The van der Waals surface area contributed by atoms with Gasteiger partial charge in [-0.15, -0.1) is 0 Å². The van der Waals surface area contributed by atoms with Gasteiger partial charge in [-0.1, -0.05) is 24.4 Å². The van der Waals surface area contributed by atoms with E-state index in [4.69, 9.17) is 22.7 Å². The molecule has 0 saturated carbocycles. The molecule has 0 fully saturated rings. The van der Waals surface area contributed by atoms with Crippen molar-refractivity contribution in [2.45, 2.75) is 0 Å². The summed E-state index contributed by atoms with van der Waals surface area (Å²) in [6.45, 7) is -0.0855. The molecule has 1 aromatic rings. The fourth-order valence-corrected chi connectivity index (χ4v) is 1.39. The Morgan fingerprint density at radius 2 is 2.12 bits per heavy atom. The number of nitrogens with zero attached hydrogens (tertiary/aromatic N) is 1. The Morgan fingerprint density at radius 1 is 1.47 bits per heavy atom. The van der Waals surface area contributed by atoms with Gasteiger partial charge in [-0.2, -0.15) is 0 Å². The van der Waals surface area contributed by atoms with Crippen molar-refractivity contribution in [2.75, 3.05) is 20.7 Å². The second-order valence-electron chi connectivity index (χ2n) is 3.58. The van der Waals surface area contributed by atoms with Gasteiger partial charge in [-0.25, -0.2) is 5.01 Å². The van der Waals surface area contributed by atoms with Gasteiger partial charge < -0.3 is 10.5 Å². The Hall–Kier alpha value is -1.66. The maximum atomic E-state index is 11.4. The number of amides is 1. The Balaban J connectivity index is 2.63. The smallest absolute Gasteiger partial charge is 0.272 e. The van der Waals surface area contributed by atoms with Crippen LogP contribution in [-0.4, -0.2) is 36.6 Å². The molecule has 0 heterocycles. The van der Waals surface area contributed by atoms with Crippen molar-refractivity contribution in [3.8, 4) is 5.75 Å². The second kappa shape index (κ2) is 6.17. The van der Waals surface area contributed by atoms with Crippen LogP contribution in [0, 0.1) is 0 Å². The van der Waals surface area contributed by atoms with Crippen LogP contribution in [0.4, 0.5) is 0 Å². The molecule has 0 spiro atoms. The largest absolute Gasteiger partial charge is 0.483 e. The van der Waals surface area contributed by atoms with Gasteiger partial charge in [-0.3, -0.25) is 10.2 Å². The number of hydrogen-bond donors (Lipinski definition) is 2. The van der Waals surface area contributed by atoms with Crippen molar-refractivity contribution < 1.29 is 9.53 Å². The van der Waals surface area contributed by atoms with Crippen LogP contribution < -0.4 is 15.9 Å². The van der Waals surface area contributed by atoms with Gasteiger partial charge in [0.1, 0.15) is 10.7 Å². The van der Waals surface area contributed by atoms with Crippen LogP contribution in [0.15, 0.2) is 24.3 Å². The van der Waals surface area contributed by atoms with E-state index in [9.17, 15) is 4.79 Å². The van der Waals surface area contributed by atoms with Crippen LogP contribution in [0.25, 0.3) is 0 Å². The molecule has 0 radical (unpaired) electrons. The summed E-state index contributed by atoms with van der Waals surface area (Å²) in [6.07, 6.45) is 0. The third kappa shape index (κ3) is 4.38. The molecule has 3 N–H and O–H groups in total. The zero-order valence-corrected chi connectivity index (χ0v) is 10.6. The average molecular weight is 253 g/mol. The van der Waals surface area contributed by atoms with Gasteiger partial charge in [0.2, 0.25) is 0 Å². The van der Waals surface area contributed by atoms with E-state index in [1.54, 1.807) is 43.4 Å². The van der Waals surface area contributed by atoms with Crippen molar-refractivity contribution in [3.63, 3.8) is 0 Å². The predicted molar refractivity (Wildman–Crippen MR) is 69.7 cm³/mol. The van der Waals surface area contributed by atoms with Gasteiger partial charge in [-0.05, 0) is 12.1 Å². The number of thiocarbonyl (C=S) groups is 1. The highest BCUT2D eigenvalue weighted by molar-refractivity contribution is 7.80. The molecule has 5 nitrogen and oxygen atoms in total. The van der Waals surface area contributed by atoms with E-state index < -0.39 is 0 Å². The van der Waals surface area contributed by atoms with Crippen molar-refractivity contribution in [1.82, 2.24) is 10.4 Å². The quantitative estimate of drug-likeness (QED) is 0.583. The molecule has 1 aromatic carbocycles. The molecule has 0 aliphatic rings. The molecular weight excluding hydrogens is 238 g/mol. The van der Waals surface area contributed by atoms with Crippen LogP contribution in [-0.2, 0) is 4.79 Å². The first-order valence-corrected chi connectivity index (χ1v) is 5.40. The molecule has 0 atom stereocenters. The molecule has 0 aliphatic carbocycles. The van der Waals surface area contributed by atoms with Gasteiger partial charge in [0, 0.05) is 14.1 Å². The lowest BCUT2D eigenvalue weighted by Crippen LogP contribution is -2.39. The summed E-state index contributed by atoms with van der Waals surface area (Å²) in [5.41, 5.74) is 8.74. The van der Waals surface area contributed by atoms with E-state index in [-0.39, 0.29) is 17.5 Å². The summed E-state index contributed by atoms with van der Waals surface area (Å²) in [7, 11) is 3.45. The van der Waals surface area contributed by atoms with E-state index in [0.29, 0.717) is 11.3 Å². The third-order valence-electron chi connectivity index (χ3n) is 1.86. The lowest BCUT2D eigenvalue weighted by Gasteiger charge is -2.13. The lowest BCUT2D eigenvalue weighted by molar-refractivity contribution is -0.126. The highest BCUT2D eigenvalue weighted by atomic mass is 32.1. The highest BCUT2D eigenvalue weighted by Crippen LogP contribution is 2.17. The number of nitrogens with one attached hydrogen (secondary N) is 1. The first kappa shape index (κ1) is 13.4. The second-order valence-corrected chi connectivity index (χ2v) is 4.02. The van der Waals surface area contributed by atoms with E-state index in [2.05, 4.69) is 5.43 Å². The number of benzene rings is 1. The fraction of sp³-hybridized carbons (Fsp3) is 0.273. The minimum absolute atomic E-state index is 0.0855.